The highest BCUT2D eigenvalue weighted by atomic mass is 35.5. The van der Waals surface area contributed by atoms with Crippen molar-refractivity contribution in [3.63, 3.8) is 0 Å². The molecule has 8 heteroatoms. The number of carbonyl (C=O) groups is 1. The number of hydrogen-bond acceptors (Lipinski definition) is 6. The molecule has 3 aromatic heterocycles. The minimum absolute atomic E-state index is 0.250. The van der Waals surface area contributed by atoms with Gasteiger partial charge >= 0.3 is 6.09 Å². The zero-order valence-electron chi connectivity index (χ0n) is 15.1. The molecule has 27 heavy (non-hydrogen) atoms. The lowest BCUT2D eigenvalue weighted by molar-refractivity contribution is 0.201. The molecule has 0 bridgehead atoms. The second-order valence-electron chi connectivity index (χ2n) is 5.81. The van der Waals surface area contributed by atoms with Crippen molar-refractivity contribution in [3.05, 3.63) is 57.9 Å². The SMILES string of the molecule is COc1c(C)cnc(CNC(=O)Oc2cc(-c3ccnc(Cl)c3)cs2)c1C. The smallest absolute Gasteiger partial charge is 0.413 e. The molecule has 0 saturated carbocycles. The van der Waals surface area contributed by atoms with E-state index in [1.807, 2.05) is 25.3 Å². The molecule has 0 aliphatic heterocycles. The number of thiophene rings is 1. The lowest BCUT2D eigenvalue weighted by Gasteiger charge is -2.12. The molecule has 0 spiro atoms. The van der Waals surface area contributed by atoms with Gasteiger partial charge in [-0.1, -0.05) is 11.6 Å². The van der Waals surface area contributed by atoms with Crippen LogP contribution < -0.4 is 14.8 Å². The summed E-state index contributed by atoms with van der Waals surface area (Å²) < 4.78 is 10.7. The number of aromatic nitrogens is 2. The minimum Gasteiger partial charge on any atom is -0.496 e. The van der Waals surface area contributed by atoms with E-state index in [9.17, 15) is 4.79 Å². The van der Waals surface area contributed by atoms with E-state index in [4.69, 9.17) is 21.1 Å². The number of hydrogen-bond donors (Lipinski definition) is 1. The lowest BCUT2D eigenvalue weighted by atomic mass is 10.1. The van der Waals surface area contributed by atoms with Gasteiger partial charge in [0.1, 0.15) is 10.9 Å². The number of pyridine rings is 2. The first-order valence-electron chi connectivity index (χ1n) is 8.13. The molecular weight excluding hydrogens is 386 g/mol. The van der Waals surface area contributed by atoms with Crippen LogP contribution in [0.4, 0.5) is 4.79 Å². The average Bonchev–Trinajstić information content (AvgIpc) is 3.10. The van der Waals surface area contributed by atoms with Gasteiger partial charge in [0.15, 0.2) is 5.06 Å². The largest absolute Gasteiger partial charge is 0.496 e. The van der Waals surface area contributed by atoms with E-state index >= 15 is 0 Å². The predicted octanol–water partition coefficient (Wildman–Crippen LogP) is 4.77. The number of nitrogens with one attached hydrogen (secondary N) is 1. The Hall–Kier alpha value is -2.64. The summed E-state index contributed by atoms with van der Waals surface area (Å²) in [7, 11) is 1.62. The molecule has 140 valence electrons. The molecule has 0 aromatic carbocycles. The average molecular weight is 404 g/mol. The van der Waals surface area contributed by atoms with E-state index in [1.54, 1.807) is 31.6 Å². The van der Waals surface area contributed by atoms with Crippen LogP contribution in [0.2, 0.25) is 5.15 Å². The van der Waals surface area contributed by atoms with Gasteiger partial charge in [0.25, 0.3) is 0 Å². The summed E-state index contributed by atoms with van der Waals surface area (Å²) >= 11 is 7.24. The van der Waals surface area contributed by atoms with Gasteiger partial charge in [-0.05, 0) is 37.1 Å². The Bertz CT molecular complexity index is 975. The summed E-state index contributed by atoms with van der Waals surface area (Å²) in [6.07, 6.45) is 2.81. The first-order chi connectivity index (χ1) is 13.0. The van der Waals surface area contributed by atoms with Crippen LogP contribution in [0, 0.1) is 13.8 Å². The summed E-state index contributed by atoms with van der Waals surface area (Å²) in [6, 6.07) is 5.39. The van der Waals surface area contributed by atoms with Crippen LogP contribution in [0.15, 0.2) is 36.0 Å². The van der Waals surface area contributed by atoms with Crippen LogP contribution in [0.5, 0.6) is 10.8 Å². The minimum atomic E-state index is -0.545. The van der Waals surface area contributed by atoms with Crippen LogP contribution in [-0.4, -0.2) is 23.2 Å². The van der Waals surface area contributed by atoms with Gasteiger partial charge in [0.2, 0.25) is 0 Å². The molecule has 0 saturated heterocycles. The highest BCUT2D eigenvalue weighted by Crippen LogP contribution is 2.31. The van der Waals surface area contributed by atoms with Gasteiger partial charge in [-0.3, -0.25) is 4.98 Å². The third-order valence-electron chi connectivity index (χ3n) is 3.98. The Morgan fingerprint density at radius 1 is 1.26 bits per heavy atom. The highest BCUT2D eigenvalue weighted by molar-refractivity contribution is 7.12. The zero-order valence-corrected chi connectivity index (χ0v) is 16.6. The van der Waals surface area contributed by atoms with Crippen molar-refractivity contribution in [2.45, 2.75) is 20.4 Å². The van der Waals surface area contributed by atoms with Gasteiger partial charge in [-0.15, -0.1) is 11.3 Å². The molecular formula is C19H18ClN3O3S. The van der Waals surface area contributed by atoms with Crippen LogP contribution in [0.3, 0.4) is 0 Å². The van der Waals surface area contributed by atoms with Gasteiger partial charge in [-0.25, -0.2) is 9.78 Å². The number of amides is 1. The van der Waals surface area contributed by atoms with Crippen LogP contribution in [0.1, 0.15) is 16.8 Å². The van der Waals surface area contributed by atoms with Gasteiger partial charge in [0, 0.05) is 35.0 Å². The van der Waals surface area contributed by atoms with Crippen molar-refractivity contribution >= 4 is 29.0 Å². The number of methoxy groups -OCH3 is 1. The first-order valence-corrected chi connectivity index (χ1v) is 9.39. The Labute approximate surface area is 166 Å². The zero-order chi connectivity index (χ0) is 19.4. The molecule has 0 unspecified atom stereocenters. The number of aryl methyl sites for hydroxylation is 1. The molecule has 6 nitrogen and oxygen atoms in total. The fourth-order valence-electron chi connectivity index (χ4n) is 2.64. The van der Waals surface area contributed by atoms with Crippen molar-refractivity contribution < 1.29 is 14.3 Å². The van der Waals surface area contributed by atoms with Crippen LogP contribution in [-0.2, 0) is 6.54 Å². The number of ether oxygens (including phenoxy) is 2. The van der Waals surface area contributed by atoms with Crippen molar-refractivity contribution in [2.75, 3.05) is 7.11 Å². The third kappa shape index (κ3) is 4.56. The van der Waals surface area contributed by atoms with E-state index in [1.165, 1.54) is 11.3 Å². The molecule has 0 fully saturated rings. The van der Waals surface area contributed by atoms with Crippen LogP contribution in [0.25, 0.3) is 11.1 Å². The number of rotatable bonds is 5. The third-order valence-corrected chi connectivity index (χ3v) is 4.99. The quantitative estimate of drug-likeness (QED) is 0.621. The van der Waals surface area contributed by atoms with Crippen molar-refractivity contribution in [3.8, 4) is 21.9 Å². The van der Waals surface area contributed by atoms with Crippen molar-refractivity contribution in [1.29, 1.82) is 0 Å². The van der Waals surface area contributed by atoms with E-state index in [-0.39, 0.29) is 6.54 Å². The second kappa shape index (κ2) is 8.37. The number of halogens is 1. The summed E-state index contributed by atoms with van der Waals surface area (Å²) in [5.41, 5.74) is 4.39. The Morgan fingerprint density at radius 3 is 2.81 bits per heavy atom. The highest BCUT2D eigenvalue weighted by Gasteiger charge is 2.12. The van der Waals surface area contributed by atoms with Crippen LogP contribution >= 0.6 is 22.9 Å². The number of nitrogens with zero attached hydrogens (tertiary/aromatic N) is 2. The second-order valence-corrected chi connectivity index (χ2v) is 7.07. The monoisotopic (exact) mass is 403 g/mol. The summed E-state index contributed by atoms with van der Waals surface area (Å²) in [6.45, 7) is 4.08. The van der Waals surface area contributed by atoms with Gasteiger partial charge in [-0.2, -0.15) is 0 Å². The van der Waals surface area contributed by atoms with E-state index in [2.05, 4.69) is 15.3 Å². The summed E-state index contributed by atoms with van der Waals surface area (Å²) in [5.74, 6) is 0.772. The van der Waals surface area contributed by atoms with E-state index in [0.29, 0.717) is 10.2 Å². The molecule has 3 aromatic rings. The molecule has 0 radical (unpaired) electrons. The topological polar surface area (TPSA) is 73.3 Å². The summed E-state index contributed by atoms with van der Waals surface area (Å²) in [4.78, 5) is 20.4. The fourth-order valence-corrected chi connectivity index (χ4v) is 3.58. The first kappa shape index (κ1) is 19.1. The van der Waals surface area contributed by atoms with E-state index < -0.39 is 6.09 Å². The predicted molar refractivity (Wildman–Crippen MR) is 106 cm³/mol. The van der Waals surface area contributed by atoms with Crippen molar-refractivity contribution in [2.24, 2.45) is 0 Å². The Morgan fingerprint density at radius 2 is 2.07 bits per heavy atom. The van der Waals surface area contributed by atoms with Gasteiger partial charge in [0.05, 0.1) is 19.3 Å². The Balaban J connectivity index is 1.62. The van der Waals surface area contributed by atoms with Crippen molar-refractivity contribution in [1.82, 2.24) is 15.3 Å². The molecule has 0 atom stereocenters. The standard InChI is InChI=1S/C19H18ClN3O3S/c1-11-8-22-15(12(2)18(11)25-3)9-23-19(24)26-17-7-14(10-27-17)13-4-5-21-16(20)6-13/h4-8,10H,9H2,1-3H3,(H,23,24). The molecule has 1 amide bonds. The molecule has 0 aliphatic carbocycles. The van der Waals surface area contributed by atoms with Gasteiger partial charge < -0.3 is 14.8 Å². The molecule has 3 rings (SSSR count). The molecule has 3 heterocycles. The number of carbonyl (C=O) groups excluding carboxylic acids is 1. The van der Waals surface area contributed by atoms with E-state index in [0.717, 1.165) is 33.7 Å². The molecule has 0 aliphatic rings. The summed E-state index contributed by atoms with van der Waals surface area (Å²) in [5, 5.41) is 5.51. The maximum absolute atomic E-state index is 12.1. The normalized spacial score (nSPS) is 10.5. The lowest BCUT2D eigenvalue weighted by Crippen LogP contribution is -2.26. The Kier molecular flexibility index (Phi) is 5.93. The maximum Gasteiger partial charge on any atom is 0.413 e. The molecule has 1 N–H and O–H groups in total. The fraction of sp³-hybridized carbons (Fsp3) is 0.211. The maximum atomic E-state index is 12.1.